The molecule has 0 saturated carbocycles. The van der Waals surface area contributed by atoms with Crippen molar-refractivity contribution in [2.75, 3.05) is 31.2 Å². The summed E-state index contributed by atoms with van der Waals surface area (Å²) >= 11 is 1.16. The lowest BCUT2D eigenvalue weighted by atomic mass is 10.1. The van der Waals surface area contributed by atoms with Crippen LogP contribution in [-0.2, 0) is 10.6 Å². The highest BCUT2D eigenvalue weighted by Crippen LogP contribution is 2.39. The zero-order valence-corrected chi connectivity index (χ0v) is 13.2. The number of benzene rings is 1. The Bertz CT molecular complexity index is 938. The van der Waals surface area contributed by atoms with Gasteiger partial charge in [-0.25, -0.2) is 13.6 Å². The third-order valence-electron chi connectivity index (χ3n) is 4.24. The highest BCUT2D eigenvalue weighted by Gasteiger charge is 2.32. The fourth-order valence-electron chi connectivity index (χ4n) is 3.10. The van der Waals surface area contributed by atoms with Crippen LogP contribution >= 0.6 is 11.8 Å². The van der Waals surface area contributed by atoms with Crippen LogP contribution in [0.1, 0.15) is 10.4 Å². The van der Waals surface area contributed by atoms with Gasteiger partial charge in [-0.15, -0.1) is 0 Å². The first-order chi connectivity index (χ1) is 11.5. The number of fused-ring (bicyclic) bond motifs is 3. The Morgan fingerprint density at radius 2 is 2.00 bits per heavy atom. The first-order valence-corrected chi connectivity index (χ1v) is 8.26. The quantitative estimate of drug-likeness (QED) is 0.888. The van der Waals surface area contributed by atoms with Crippen molar-refractivity contribution >= 4 is 34.3 Å². The predicted octanol–water partition coefficient (Wildman–Crippen LogP) is 1.88. The minimum atomic E-state index is -1.39. The monoisotopic (exact) mass is 354 g/mol. The van der Waals surface area contributed by atoms with Crippen molar-refractivity contribution < 1.29 is 23.4 Å². The van der Waals surface area contributed by atoms with E-state index in [9.17, 15) is 19.1 Å². The number of morpholine rings is 1. The molecule has 1 aromatic heterocycles. The molecule has 3 heterocycles. The largest absolute Gasteiger partial charge is 0.477 e. The van der Waals surface area contributed by atoms with Crippen LogP contribution in [0.5, 0.6) is 0 Å². The van der Waals surface area contributed by atoms with E-state index < -0.39 is 28.6 Å². The van der Waals surface area contributed by atoms with Crippen molar-refractivity contribution in [2.45, 2.75) is 10.9 Å². The van der Waals surface area contributed by atoms with Crippen molar-refractivity contribution in [3.8, 4) is 0 Å². The summed E-state index contributed by atoms with van der Waals surface area (Å²) < 4.78 is 36.2. The summed E-state index contributed by atoms with van der Waals surface area (Å²) in [5, 5.41) is 9.19. The SMILES string of the molecule is O=C(O)c1c2n(c3c(F)c(N4CCOCC4)c(F)cc3c1=O)CS2. The van der Waals surface area contributed by atoms with Gasteiger partial charge in [0.25, 0.3) is 0 Å². The molecule has 1 fully saturated rings. The van der Waals surface area contributed by atoms with Gasteiger partial charge in [-0.2, -0.15) is 0 Å². The number of aromatic carboxylic acids is 1. The number of rotatable bonds is 2. The standard InChI is InChI=1S/C15H12F2N2O4S/c16-8-5-7-11(10(17)12(8)18-1-3-23-4-2-18)19-6-24-14(19)9(13(7)20)15(21)22/h5H,1-4,6H2,(H,21,22). The van der Waals surface area contributed by atoms with E-state index in [2.05, 4.69) is 0 Å². The molecule has 0 unspecified atom stereocenters. The lowest BCUT2D eigenvalue weighted by Gasteiger charge is -2.31. The molecular formula is C15H12F2N2O4S. The Kier molecular flexibility index (Phi) is 3.50. The second-order valence-electron chi connectivity index (χ2n) is 5.53. The minimum absolute atomic E-state index is 0.0401. The summed E-state index contributed by atoms with van der Waals surface area (Å²) in [4.78, 5) is 25.3. The molecule has 0 amide bonds. The highest BCUT2D eigenvalue weighted by molar-refractivity contribution is 7.99. The van der Waals surface area contributed by atoms with E-state index in [0.29, 0.717) is 32.2 Å². The number of hydrogen-bond acceptors (Lipinski definition) is 5. The summed E-state index contributed by atoms with van der Waals surface area (Å²) in [6, 6.07) is 0.939. The topological polar surface area (TPSA) is 71.8 Å². The summed E-state index contributed by atoms with van der Waals surface area (Å²) in [7, 11) is 0. The number of nitrogens with zero attached hydrogens (tertiary/aromatic N) is 2. The van der Waals surface area contributed by atoms with Crippen LogP contribution in [0.25, 0.3) is 10.9 Å². The molecule has 0 aliphatic carbocycles. The lowest BCUT2D eigenvalue weighted by Crippen LogP contribution is -2.37. The molecule has 4 rings (SSSR count). The van der Waals surface area contributed by atoms with Crippen LogP contribution in [0, 0.1) is 11.6 Å². The normalized spacial score (nSPS) is 16.8. The van der Waals surface area contributed by atoms with Gasteiger partial charge >= 0.3 is 5.97 Å². The van der Waals surface area contributed by atoms with Crippen LogP contribution in [0.2, 0.25) is 0 Å². The maximum absolute atomic E-state index is 15.1. The molecule has 126 valence electrons. The third-order valence-corrected chi connectivity index (χ3v) is 5.33. The lowest BCUT2D eigenvalue weighted by molar-refractivity contribution is 0.0689. The zero-order valence-electron chi connectivity index (χ0n) is 12.3. The van der Waals surface area contributed by atoms with Gasteiger partial charge in [-0.1, -0.05) is 11.8 Å². The summed E-state index contributed by atoms with van der Waals surface area (Å²) in [5.41, 5.74) is -1.53. The number of thioether (sulfide) groups is 1. The number of carboxylic acid groups (broad SMARTS) is 1. The van der Waals surface area contributed by atoms with E-state index >= 15 is 4.39 Å². The van der Waals surface area contributed by atoms with Crippen molar-refractivity contribution in [3.63, 3.8) is 0 Å². The number of halogens is 2. The third kappa shape index (κ3) is 2.04. The molecule has 24 heavy (non-hydrogen) atoms. The van der Waals surface area contributed by atoms with Crippen LogP contribution in [-0.4, -0.2) is 41.9 Å². The Balaban J connectivity index is 2.04. The zero-order chi connectivity index (χ0) is 17.0. The molecule has 2 aromatic rings. The van der Waals surface area contributed by atoms with Crippen LogP contribution in [0.4, 0.5) is 14.5 Å². The number of carbonyl (C=O) groups is 1. The number of aromatic nitrogens is 1. The summed E-state index contributed by atoms with van der Waals surface area (Å²) in [5.74, 6) is -2.78. The molecule has 0 atom stereocenters. The average Bonchev–Trinajstić information content (AvgIpc) is 2.52. The molecule has 1 N–H and O–H groups in total. The predicted molar refractivity (Wildman–Crippen MR) is 84.0 cm³/mol. The molecule has 2 aliphatic rings. The maximum atomic E-state index is 15.1. The van der Waals surface area contributed by atoms with Gasteiger partial charge in [0.1, 0.15) is 17.1 Å². The number of ether oxygens (including phenoxy) is 1. The van der Waals surface area contributed by atoms with E-state index in [1.807, 2.05) is 0 Å². The molecule has 0 bridgehead atoms. The van der Waals surface area contributed by atoms with Gasteiger partial charge in [0.05, 0.1) is 35.0 Å². The average molecular weight is 354 g/mol. The summed E-state index contributed by atoms with van der Waals surface area (Å²) in [6.07, 6.45) is 0. The van der Waals surface area contributed by atoms with Gasteiger partial charge in [0.15, 0.2) is 5.82 Å². The number of anilines is 1. The maximum Gasteiger partial charge on any atom is 0.342 e. The van der Waals surface area contributed by atoms with Crippen LogP contribution in [0.15, 0.2) is 15.9 Å². The fourth-order valence-corrected chi connectivity index (χ4v) is 4.03. The molecule has 9 heteroatoms. The van der Waals surface area contributed by atoms with Gasteiger partial charge in [0.2, 0.25) is 5.43 Å². The summed E-state index contributed by atoms with van der Waals surface area (Å²) in [6.45, 7) is 1.42. The second-order valence-corrected chi connectivity index (χ2v) is 6.47. The Morgan fingerprint density at radius 1 is 1.29 bits per heavy atom. The molecule has 1 saturated heterocycles. The van der Waals surface area contributed by atoms with Crippen LogP contribution < -0.4 is 10.3 Å². The first kappa shape index (κ1) is 15.4. The molecule has 0 spiro atoms. The van der Waals surface area contributed by atoms with Crippen molar-refractivity contribution in [1.29, 1.82) is 0 Å². The van der Waals surface area contributed by atoms with Gasteiger partial charge in [0, 0.05) is 13.1 Å². The Labute approximate surface area is 138 Å². The van der Waals surface area contributed by atoms with Gasteiger partial charge in [-0.05, 0) is 6.07 Å². The second kappa shape index (κ2) is 5.45. The molecule has 6 nitrogen and oxygen atoms in total. The molecule has 0 radical (unpaired) electrons. The highest BCUT2D eigenvalue weighted by atomic mass is 32.2. The number of pyridine rings is 1. The molecular weight excluding hydrogens is 342 g/mol. The van der Waals surface area contributed by atoms with Crippen molar-refractivity contribution in [2.24, 2.45) is 0 Å². The molecule has 2 aliphatic heterocycles. The molecule has 1 aromatic carbocycles. The number of hydrogen-bond donors (Lipinski definition) is 1. The smallest absolute Gasteiger partial charge is 0.342 e. The van der Waals surface area contributed by atoms with E-state index in [-0.39, 0.29) is 21.6 Å². The van der Waals surface area contributed by atoms with E-state index in [4.69, 9.17) is 4.74 Å². The first-order valence-electron chi connectivity index (χ1n) is 7.28. The van der Waals surface area contributed by atoms with Crippen LogP contribution in [0.3, 0.4) is 0 Å². The Morgan fingerprint density at radius 3 is 2.58 bits per heavy atom. The van der Waals surface area contributed by atoms with Crippen molar-refractivity contribution in [3.05, 3.63) is 33.5 Å². The minimum Gasteiger partial charge on any atom is -0.477 e. The van der Waals surface area contributed by atoms with Gasteiger partial charge < -0.3 is 19.3 Å². The van der Waals surface area contributed by atoms with E-state index in [1.54, 1.807) is 4.90 Å². The van der Waals surface area contributed by atoms with Gasteiger partial charge in [-0.3, -0.25) is 4.79 Å². The number of carboxylic acids is 1. The Hall–Kier alpha value is -2.13. The van der Waals surface area contributed by atoms with E-state index in [0.717, 1.165) is 17.8 Å². The van der Waals surface area contributed by atoms with E-state index in [1.165, 1.54) is 4.57 Å². The van der Waals surface area contributed by atoms with Crippen molar-refractivity contribution in [1.82, 2.24) is 4.57 Å². The fraction of sp³-hybridized carbons (Fsp3) is 0.333.